The molecule has 8 rings (SSSR count). The summed E-state index contributed by atoms with van der Waals surface area (Å²) in [4.78, 5) is 68.7. The third kappa shape index (κ3) is 5.02. The van der Waals surface area contributed by atoms with E-state index in [1.165, 1.54) is 22.9 Å². The topological polar surface area (TPSA) is 160 Å². The van der Waals surface area contributed by atoms with E-state index in [9.17, 15) is 29.1 Å². The number of amides is 2. The van der Waals surface area contributed by atoms with Crippen LogP contribution in [-0.2, 0) is 22.7 Å². The van der Waals surface area contributed by atoms with E-state index in [2.05, 4.69) is 10.3 Å². The molecule has 0 unspecified atom stereocenters. The minimum absolute atomic E-state index is 0.0193. The first-order chi connectivity index (χ1) is 23.6. The van der Waals surface area contributed by atoms with E-state index in [1.54, 1.807) is 39.9 Å². The molecule has 3 fully saturated rings. The van der Waals surface area contributed by atoms with Crippen LogP contribution in [0.4, 0.5) is 15.8 Å². The molecule has 2 atom stereocenters. The Morgan fingerprint density at radius 2 is 1.88 bits per heavy atom. The molecule has 4 aliphatic rings. The first-order valence-electron chi connectivity index (χ1n) is 16.2. The van der Waals surface area contributed by atoms with Gasteiger partial charge in [-0.05, 0) is 49.8 Å². The van der Waals surface area contributed by atoms with Crippen molar-refractivity contribution in [3.05, 3.63) is 75.6 Å². The van der Waals surface area contributed by atoms with Crippen LogP contribution in [0.1, 0.15) is 58.1 Å². The molecule has 1 N–H and O–H groups in total. The molecule has 14 nitrogen and oxygen atoms in total. The molecule has 3 aliphatic heterocycles. The lowest BCUT2D eigenvalue weighted by atomic mass is 9.92. The van der Waals surface area contributed by atoms with Crippen LogP contribution >= 0.6 is 0 Å². The Bertz CT molecular complexity index is 2140. The van der Waals surface area contributed by atoms with Gasteiger partial charge in [0.15, 0.2) is 11.6 Å². The number of aromatic nitrogens is 4. The van der Waals surface area contributed by atoms with Crippen molar-refractivity contribution in [2.45, 2.75) is 50.9 Å². The fourth-order valence-electron chi connectivity index (χ4n) is 7.68. The highest BCUT2D eigenvalue weighted by molar-refractivity contribution is 6.52. The van der Waals surface area contributed by atoms with Gasteiger partial charge >= 0.3 is 5.97 Å². The van der Waals surface area contributed by atoms with Gasteiger partial charge in [0.05, 0.1) is 48.0 Å². The summed E-state index contributed by atoms with van der Waals surface area (Å²) < 4.78 is 24.9. The molecule has 5 heterocycles. The normalized spacial score (nSPS) is 20.2. The van der Waals surface area contributed by atoms with Crippen LogP contribution in [0.3, 0.4) is 0 Å². The van der Waals surface area contributed by atoms with Gasteiger partial charge < -0.3 is 24.2 Å². The first-order valence-corrected chi connectivity index (χ1v) is 16.2. The van der Waals surface area contributed by atoms with Crippen LogP contribution in [0.2, 0.25) is 0 Å². The Morgan fingerprint density at radius 3 is 2.63 bits per heavy atom. The van der Waals surface area contributed by atoms with Gasteiger partial charge in [0.1, 0.15) is 23.5 Å². The predicted octanol–water partition coefficient (Wildman–Crippen LogP) is 2.63. The van der Waals surface area contributed by atoms with Crippen molar-refractivity contribution >= 4 is 45.8 Å². The summed E-state index contributed by atoms with van der Waals surface area (Å²) in [6, 6.07) is 7.63. The van der Waals surface area contributed by atoms with Gasteiger partial charge in [-0.1, -0.05) is 17.3 Å². The van der Waals surface area contributed by atoms with Gasteiger partial charge in [-0.2, -0.15) is 0 Å². The molecule has 4 aromatic rings. The number of carboxylic acid groups (broad SMARTS) is 1. The number of rotatable bonds is 8. The predicted molar refractivity (Wildman–Crippen MR) is 172 cm³/mol. The molecule has 2 aromatic carbocycles. The molecule has 0 spiro atoms. The Hall–Kier alpha value is -5.60. The molecular formula is C34H32FN7O7. The number of benzene rings is 2. The highest BCUT2D eigenvalue weighted by Crippen LogP contribution is 2.45. The van der Waals surface area contributed by atoms with E-state index < -0.39 is 34.5 Å². The lowest BCUT2D eigenvalue weighted by Gasteiger charge is -2.36. The van der Waals surface area contributed by atoms with Crippen molar-refractivity contribution < 1.29 is 33.4 Å². The number of piperidine rings is 1. The summed E-state index contributed by atoms with van der Waals surface area (Å²) in [6.07, 6.45) is 6.13. The third-order valence-corrected chi connectivity index (χ3v) is 10.1. The number of ketones is 1. The number of carbonyl (C=O) groups is 4. The van der Waals surface area contributed by atoms with Crippen molar-refractivity contribution in [1.82, 2.24) is 24.5 Å². The summed E-state index contributed by atoms with van der Waals surface area (Å²) >= 11 is 0. The van der Waals surface area contributed by atoms with E-state index in [4.69, 9.17) is 4.74 Å². The molecular weight excluding hydrogens is 637 g/mol. The number of anilines is 2. The van der Waals surface area contributed by atoms with E-state index >= 15 is 4.39 Å². The number of halogens is 1. The Balaban J connectivity index is 1.03. The second-order valence-corrected chi connectivity index (χ2v) is 13.1. The van der Waals surface area contributed by atoms with Crippen LogP contribution in [0.15, 0.2) is 47.5 Å². The molecule has 0 bridgehead atoms. The maximum atomic E-state index is 16.0. The van der Waals surface area contributed by atoms with Crippen LogP contribution < -0.4 is 20.0 Å². The highest BCUT2D eigenvalue weighted by atomic mass is 19.1. The Kier molecular flexibility index (Phi) is 7.23. The van der Waals surface area contributed by atoms with E-state index in [0.29, 0.717) is 42.1 Å². The average molecular weight is 670 g/mol. The fraction of sp³-hybridized carbons (Fsp3) is 0.382. The Morgan fingerprint density at radius 1 is 1.08 bits per heavy atom. The minimum Gasteiger partial charge on any atom is -0.492 e. The summed E-state index contributed by atoms with van der Waals surface area (Å²) in [7, 11) is 1.41. The molecule has 1 saturated carbocycles. The quantitative estimate of drug-likeness (QED) is 0.276. The SMILES string of the molecule is COc1c(N2C[C@H]3CCCN(C(=O)Cn4cc(CN5C(=O)C(=O)c6ccccc65)nn4)[C@H]3C2)c(F)cc2c(=O)c(C(=O)O)cn(C3CC3)c12. The van der Waals surface area contributed by atoms with Crippen molar-refractivity contribution in [2.24, 2.45) is 5.92 Å². The molecule has 15 heteroatoms. The maximum absolute atomic E-state index is 16.0. The number of Topliss-reactive ketones (excluding diaryl/α,β-unsaturated/α-hetero) is 1. The summed E-state index contributed by atoms with van der Waals surface area (Å²) in [5.41, 5.74) is 0.639. The number of nitrogens with zero attached hydrogens (tertiary/aromatic N) is 7. The third-order valence-electron chi connectivity index (χ3n) is 10.1. The molecule has 252 valence electrons. The second-order valence-electron chi connectivity index (χ2n) is 13.1. The number of hydrogen-bond donors (Lipinski definition) is 1. The van der Waals surface area contributed by atoms with Crippen molar-refractivity contribution in [1.29, 1.82) is 0 Å². The maximum Gasteiger partial charge on any atom is 0.341 e. The molecule has 2 saturated heterocycles. The molecule has 2 aromatic heterocycles. The number of carbonyl (C=O) groups excluding carboxylic acids is 3. The van der Waals surface area contributed by atoms with Gasteiger partial charge in [-0.15, -0.1) is 5.10 Å². The number of fused-ring (bicyclic) bond motifs is 3. The lowest BCUT2D eigenvalue weighted by molar-refractivity contribution is -0.136. The smallest absolute Gasteiger partial charge is 0.341 e. The largest absolute Gasteiger partial charge is 0.492 e. The second kappa shape index (κ2) is 11.5. The zero-order valence-electron chi connectivity index (χ0n) is 26.5. The zero-order chi connectivity index (χ0) is 34.1. The number of para-hydroxylation sites is 1. The number of hydrogen-bond acceptors (Lipinski definition) is 9. The zero-order valence-corrected chi connectivity index (χ0v) is 26.5. The summed E-state index contributed by atoms with van der Waals surface area (Å²) in [5, 5.41) is 17.9. The van der Waals surface area contributed by atoms with Gasteiger partial charge in [0.25, 0.3) is 11.7 Å². The first kappa shape index (κ1) is 30.7. The monoisotopic (exact) mass is 669 g/mol. The van der Waals surface area contributed by atoms with Gasteiger partial charge in [-0.3, -0.25) is 24.1 Å². The summed E-state index contributed by atoms with van der Waals surface area (Å²) in [5.74, 6) is -3.24. The number of pyridine rings is 1. The molecule has 0 radical (unpaired) electrons. The van der Waals surface area contributed by atoms with E-state index in [1.807, 2.05) is 4.90 Å². The number of methoxy groups -OCH3 is 1. The van der Waals surface area contributed by atoms with Crippen molar-refractivity contribution in [2.75, 3.05) is 36.5 Å². The molecule has 1 aliphatic carbocycles. The average Bonchev–Trinajstić information content (AvgIpc) is 3.61. The van der Waals surface area contributed by atoms with Crippen LogP contribution in [0, 0.1) is 11.7 Å². The Labute approximate surface area is 278 Å². The van der Waals surface area contributed by atoms with Crippen molar-refractivity contribution in [3.8, 4) is 5.75 Å². The van der Waals surface area contributed by atoms with E-state index in [0.717, 1.165) is 31.7 Å². The van der Waals surface area contributed by atoms with Crippen molar-refractivity contribution in [3.63, 3.8) is 0 Å². The minimum atomic E-state index is -1.37. The van der Waals surface area contributed by atoms with Crippen LogP contribution in [0.5, 0.6) is 5.75 Å². The van der Waals surface area contributed by atoms with Gasteiger partial charge in [0.2, 0.25) is 11.3 Å². The van der Waals surface area contributed by atoms with Crippen LogP contribution in [0.25, 0.3) is 10.9 Å². The number of aromatic carboxylic acids is 1. The highest BCUT2D eigenvalue weighted by Gasteiger charge is 2.43. The lowest BCUT2D eigenvalue weighted by Crippen LogP contribution is -2.49. The summed E-state index contributed by atoms with van der Waals surface area (Å²) in [6.45, 7) is 1.26. The van der Waals surface area contributed by atoms with Gasteiger partial charge in [-0.25, -0.2) is 13.9 Å². The number of likely N-dealkylation sites (tertiary alicyclic amines) is 1. The number of carboxylic acids is 1. The molecule has 49 heavy (non-hydrogen) atoms. The van der Waals surface area contributed by atoms with Crippen LogP contribution in [-0.4, -0.2) is 85.9 Å². The fourth-order valence-corrected chi connectivity index (χ4v) is 7.68. The molecule has 2 amide bonds. The standard InChI is InChI=1S/C34H32FN7O7/c1-49-32-28-22(30(44)23(34(47)48)15-41(28)20-8-9-20)11-24(35)29(32)38-12-18-5-4-10-40(26(18)16-38)27(43)17-39-13-19(36-37-39)14-42-25-7-3-2-6-21(25)31(45)33(42)46/h2-3,6-7,11,13,15,18,20,26H,4-5,8-10,12,14,16-17H2,1H3,(H,47,48)/t18-,26+/m1/s1. The number of ether oxygens (including phenoxy) is 1. The van der Waals surface area contributed by atoms with E-state index in [-0.39, 0.29) is 53.8 Å². The van der Waals surface area contributed by atoms with Gasteiger partial charge in [0, 0.05) is 31.9 Å².